The first-order valence-corrected chi connectivity index (χ1v) is 7.49. The summed E-state index contributed by atoms with van der Waals surface area (Å²) in [6, 6.07) is 9.84. The second-order valence-corrected chi connectivity index (χ2v) is 5.11. The number of pyridine rings is 1. The molecule has 0 bridgehead atoms. The molecule has 0 aliphatic heterocycles. The van der Waals surface area contributed by atoms with E-state index in [4.69, 9.17) is 4.74 Å². The number of alkyl halides is 3. The molecule has 0 spiro atoms. The van der Waals surface area contributed by atoms with E-state index in [0.717, 1.165) is 11.0 Å². The Bertz CT molecular complexity index is 845. The van der Waals surface area contributed by atoms with Gasteiger partial charge >= 0.3 is 6.18 Å². The lowest BCUT2D eigenvalue weighted by atomic mass is 10.2. The monoisotopic (exact) mass is 349 g/mol. The predicted octanol–water partition coefficient (Wildman–Crippen LogP) is 3.20. The first kappa shape index (κ1) is 16.9. The van der Waals surface area contributed by atoms with Gasteiger partial charge in [-0.15, -0.1) is 10.2 Å². The Morgan fingerprint density at radius 1 is 1.12 bits per heavy atom. The summed E-state index contributed by atoms with van der Waals surface area (Å²) in [7, 11) is 0. The Kier molecular flexibility index (Phi) is 4.64. The molecule has 3 rings (SSSR count). The molecule has 0 N–H and O–H groups in total. The molecule has 130 valence electrons. The average Bonchev–Trinajstić information content (AvgIpc) is 3.04. The summed E-state index contributed by atoms with van der Waals surface area (Å²) < 4.78 is 44.3. The van der Waals surface area contributed by atoms with Crippen LogP contribution in [0.3, 0.4) is 0 Å². The molecule has 0 saturated carbocycles. The maximum Gasteiger partial charge on any atom is 0.433 e. The maximum atomic E-state index is 13.0. The van der Waals surface area contributed by atoms with Crippen molar-refractivity contribution in [2.75, 3.05) is 6.61 Å². The minimum Gasteiger partial charge on any atom is -0.494 e. The fourth-order valence-electron chi connectivity index (χ4n) is 2.27. The highest BCUT2D eigenvalue weighted by Gasteiger charge is 2.35. The Morgan fingerprint density at radius 2 is 1.88 bits per heavy atom. The first-order valence-electron chi connectivity index (χ1n) is 7.49. The highest BCUT2D eigenvalue weighted by Crippen LogP contribution is 2.30. The summed E-state index contributed by atoms with van der Waals surface area (Å²) in [5.74, 6) is 1.03. The highest BCUT2D eigenvalue weighted by molar-refractivity contribution is 5.55. The van der Waals surface area contributed by atoms with E-state index in [-0.39, 0.29) is 12.1 Å². The van der Waals surface area contributed by atoms with Crippen LogP contribution in [0.1, 0.15) is 18.2 Å². The third kappa shape index (κ3) is 3.93. The molecule has 0 fully saturated rings. The van der Waals surface area contributed by atoms with Crippen molar-refractivity contribution in [3.8, 4) is 17.1 Å². The van der Waals surface area contributed by atoms with Gasteiger partial charge in [0.1, 0.15) is 11.4 Å². The SMILES string of the molecule is CCOc1ccc(-c2nnn(Cc3cccnc3C(F)(F)F)n2)cc1. The lowest BCUT2D eigenvalue weighted by molar-refractivity contribution is -0.141. The molecule has 0 saturated heterocycles. The van der Waals surface area contributed by atoms with Crippen LogP contribution in [0.2, 0.25) is 0 Å². The van der Waals surface area contributed by atoms with Crippen molar-refractivity contribution >= 4 is 0 Å². The summed E-state index contributed by atoms with van der Waals surface area (Å²) in [5.41, 5.74) is -0.280. The van der Waals surface area contributed by atoms with Crippen molar-refractivity contribution in [2.45, 2.75) is 19.6 Å². The van der Waals surface area contributed by atoms with Gasteiger partial charge in [-0.3, -0.25) is 4.98 Å². The normalized spacial score (nSPS) is 11.5. The second-order valence-electron chi connectivity index (χ2n) is 5.11. The lowest BCUT2D eigenvalue weighted by Crippen LogP contribution is -2.15. The first-order chi connectivity index (χ1) is 12.0. The Labute approximate surface area is 141 Å². The number of nitrogens with zero attached hydrogens (tertiary/aromatic N) is 5. The van der Waals surface area contributed by atoms with Gasteiger partial charge in [0, 0.05) is 17.3 Å². The number of halogens is 3. The molecule has 6 nitrogen and oxygen atoms in total. The zero-order valence-electron chi connectivity index (χ0n) is 13.2. The molecule has 0 aliphatic carbocycles. The standard InChI is InChI=1S/C16H14F3N5O/c1-2-25-13-7-5-11(6-8-13)15-21-23-24(22-15)10-12-4-3-9-20-14(12)16(17,18)19/h3-9H,2,10H2,1H3. The van der Waals surface area contributed by atoms with Crippen LogP contribution < -0.4 is 4.74 Å². The third-order valence-corrected chi connectivity index (χ3v) is 3.35. The van der Waals surface area contributed by atoms with Gasteiger partial charge in [-0.05, 0) is 42.5 Å². The quantitative estimate of drug-likeness (QED) is 0.708. The zero-order chi connectivity index (χ0) is 17.9. The van der Waals surface area contributed by atoms with Crippen molar-refractivity contribution in [3.05, 3.63) is 53.9 Å². The van der Waals surface area contributed by atoms with Gasteiger partial charge in [0.2, 0.25) is 5.82 Å². The summed E-state index contributed by atoms with van der Waals surface area (Å²) in [6.45, 7) is 2.27. The second kappa shape index (κ2) is 6.88. The largest absolute Gasteiger partial charge is 0.494 e. The predicted molar refractivity (Wildman–Crippen MR) is 82.8 cm³/mol. The van der Waals surface area contributed by atoms with Crippen LogP contribution in [0.15, 0.2) is 42.6 Å². The van der Waals surface area contributed by atoms with E-state index in [2.05, 4.69) is 20.4 Å². The van der Waals surface area contributed by atoms with Gasteiger partial charge in [-0.1, -0.05) is 6.07 Å². The molecular weight excluding hydrogens is 335 g/mol. The summed E-state index contributed by atoms with van der Waals surface area (Å²) in [6.07, 6.45) is -3.43. The van der Waals surface area contributed by atoms with Gasteiger partial charge in [0.15, 0.2) is 0 Å². The van der Waals surface area contributed by atoms with Crippen molar-refractivity contribution in [2.24, 2.45) is 0 Å². The molecule has 0 amide bonds. The molecule has 0 unspecified atom stereocenters. The van der Waals surface area contributed by atoms with Gasteiger partial charge in [-0.25, -0.2) is 0 Å². The molecule has 0 atom stereocenters. The van der Waals surface area contributed by atoms with E-state index >= 15 is 0 Å². The van der Waals surface area contributed by atoms with Gasteiger partial charge in [-0.2, -0.15) is 18.0 Å². The maximum absolute atomic E-state index is 13.0. The van der Waals surface area contributed by atoms with Gasteiger partial charge in [0.05, 0.1) is 13.2 Å². The topological polar surface area (TPSA) is 65.7 Å². The van der Waals surface area contributed by atoms with E-state index in [1.165, 1.54) is 12.1 Å². The number of aromatic nitrogens is 5. The fraction of sp³-hybridized carbons (Fsp3) is 0.250. The van der Waals surface area contributed by atoms with Crippen LogP contribution in [-0.4, -0.2) is 31.8 Å². The number of benzene rings is 1. The van der Waals surface area contributed by atoms with Crippen LogP contribution in [0.4, 0.5) is 13.2 Å². The molecule has 25 heavy (non-hydrogen) atoms. The highest BCUT2D eigenvalue weighted by atomic mass is 19.4. The van der Waals surface area contributed by atoms with Gasteiger partial charge < -0.3 is 4.74 Å². The van der Waals surface area contributed by atoms with E-state index in [1.807, 2.05) is 6.92 Å². The van der Waals surface area contributed by atoms with Crippen LogP contribution in [0, 0.1) is 0 Å². The molecule has 3 aromatic rings. The molecule has 0 aliphatic rings. The molecule has 1 aromatic carbocycles. The van der Waals surface area contributed by atoms with Crippen LogP contribution >= 0.6 is 0 Å². The molecule has 2 heterocycles. The molecular formula is C16H14F3N5O. The number of ether oxygens (including phenoxy) is 1. The van der Waals surface area contributed by atoms with E-state index in [0.29, 0.717) is 23.7 Å². The number of hydrogen-bond donors (Lipinski definition) is 0. The van der Waals surface area contributed by atoms with Crippen LogP contribution in [0.25, 0.3) is 11.4 Å². The smallest absolute Gasteiger partial charge is 0.433 e. The van der Waals surface area contributed by atoms with Crippen LogP contribution in [-0.2, 0) is 12.7 Å². The Hall–Kier alpha value is -2.97. The number of hydrogen-bond acceptors (Lipinski definition) is 5. The van der Waals surface area contributed by atoms with Crippen molar-refractivity contribution < 1.29 is 17.9 Å². The van der Waals surface area contributed by atoms with Gasteiger partial charge in [0.25, 0.3) is 0 Å². The fourth-order valence-corrected chi connectivity index (χ4v) is 2.27. The van der Waals surface area contributed by atoms with Crippen molar-refractivity contribution in [1.82, 2.24) is 25.2 Å². The van der Waals surface area contributed by atoms with Crippen molar-refractivity contribution in [1.29, 1.82) is 0 Å². The Balaban J connectivity index is 1.81. The van der Waals surface area contributed by atoms with Crippen LogP contribution in [0.5, 0.6) is 5.75 Å². The summed E-state index contributed by atoms with van der Waals surface area (Å²) in [5, 5.41) is 11.8. The minimum absolute atomic E-state index is 0.0226. The molecule has 9 heteroatoms. The van der Waals surface area contributed by atoms with Crippen molar-refractivity contribution in [3.63, 3.8) is 0 Å². The Morgan fingerprint density at radius 3 is 2.56 bits per heavy atom. The van der Waals surface area contributed by atoms with E-state index in [9.17, 15) is 13.2 Å². The van der Waals surface area contributed by atoms with E-state index in [1.54, 1.807) is 24.3 Å². The lowest BCUT2D eigenvalue weighted by Gasteiger charge is -2.10. The molecule has 0 radical (unpaired) electrons. The average molecular weight is 349 g/mol. The van der Waals surface area contributed by atoms with E-state index < -0.39 is 11.9 Å². The molecule has 2 aromatic heterocycles. The number of rotatable bonds is 5. The number of tetrazole rings is 1. The summed E-state index contributed by atoms with van der Waals surface area (Å²) in [4.78, 5) is 4.52. The zero-order valence-corrected chi connectivity index (χ0v) is 13.2. The third-order valence-electron chi connectivity index (χ3n) is 3.35. The minimum atomic E-state index is -4.53. The summed E-state index contributed by atoms with van der Waals surface area (Å²) >= 11 is 0.